The molecule has 4 rings (SSSR count). The van der Waals surface area contributed by atoms with Crippen molar-refractivity contribution >= 4 is 34.9 Å². The molecule has 2 aliphatic rings. The zero-order valence-electron chi connectivity index (χ0n) is 15.7. The fourth-order valence-electron chi connectivity index (χ4n) is 3.96. The van der Waals surface area contributed by atoms with Crippen molar-refractivity contribution in [2.75, 3.05) is 12.4 Å². The van der Waals surface area contributed by atoms with Gasteiger partial charge in [0.25, 0.3) is 5.91 Å². The first-order chi connectivity index (χ1) is 13.5. The molecule has 1 saturated heterocycles. The van der Waals surface area contributed by atoms with Crippen LogP contribution in [-0.4, -0.2) is 35.9 Å². The molecule has 2 N–H and O–H groups in total. The summed E-state index contributed by atoms with van der Waals surface area (Å²) in [5.74, 6) is -0.308. The molecule has 28 heavy (non-hydrogen) atoms. The molecule has 0 radical (unpaired) electrons. The summed E-state index contributed by atoms with van der Waals surface area (Å²) in [5, 5.41) is 7.56. The van der Waals surface area contributed by atoms with Gasteiger partial charge in [-0.2, -0.15) is 0 Å². The van der Waals surface area contributed by atoms with Gasteiger partial charge in [-0.3, -0.25) is 9.59 Å². The molecule has 0 bridgehead atoms. The van der Waals surface area contributed by atoms with Crippen LogP contribution in [-0.2, 0) is 21.5 Å². The molecular weight excluding hydrogens is 378 g/mol. The van der Waals surface area contributed by atoms with Crippen molar-refractivity contribution in [1.29, 1.82) is 0 Å². The van der Waals surface area contributed by atoms with Gasteiger partial charge in [0.2, 0.25) is 5.91 Å². The van der Waals surface area contributed by atoms with Gasteiger partial charge in [0.1, 0.15) is 17.3 Å². The van der Waals surface area contributed by atoms with Crippen LogP contribution in [0, 0.1) is 0 Å². The molecule has 146 valence electrons. The van der Waals surface area contributed by atoms with Gasteiger partial charge < -0.3 is 15.4 Å². The summed E-state index contributed by atoms with van der Waals surface area (Å²) >= 11 is 1.60. The fourth-order valence-corrected chi connectivity index (χ4v) is 4.96. The van der Waals surface area contributed by atoms with Crippen LogP contribution in [0.5, 0.6) is 5.75 Å². The molecule has 1 aromatic carbocycles. The van der Waals surface area contributed by atoms with E-state index in [2.05, 4.69) is 10.6 Å². The number of fused-ring (bicyclic) bond motifs is 2. The van der Waals surface area contributed by atoms with Gasteiger partial charge in [0, 0.05) is 10.4 Å². The molecule has 1 aliphatic heterocycles. The highest BCUT2D eigenvalue weighted by Crippen LogP contribution is 2.42. The van der Waals surface area contributed by atoms with E-state index in [1.807, 2.05) is 11.4 Å². The first-order valence-electron chi connectivity index (χ1n) is 9.14. The second kappa shape index (κ2) is 6.94. The van der Waals surface area contributed by atoms with Crippen molar-refractivity contribution < 1.29 is 19.1 Å². The lowest BCUT2D eigenvalue weighted by Crippen LogP contribution is -2.49. The molecule has 1 spiro atoms. The number of benzene rings is 1. The standard InChI is InChI=1S/C20H21N3O4S/c1-12(17(24)21-14-6-3-4-7-15(14)27-2)23-18(25)20(22-19(23)26)10-5-8-16-13(20)9-11-28-16/h3-4,6-7,9,11-12H,5,8,10H2,1-2H3,(H,21,24)(H,22,26)/t12-,20-/m0/s1. The van der Waals surface area contributed by atoms with Crippen LogP contribution in [0.3, 0.4) is 0 Å². The SMILES string of the molecule is COc1ccccc1NC(=O)[C@H](C)N1C(=O)N[C@]2(CCCc3sccc32)C1=O. The number of amides is 4. The molecule has 0 saturated carbocycles. The summed E-state index contributed by atoms with van der Waals surface area (Å²) in [4.78, 5) is 41.0. The third-order valence-corrected chi connectivity index (χ3v) is 6.40. The van der Waals surface area contributed by atoms with E-state index in [1.165, 1.54) is 7.11 Å². The van der Waals surface area contributed by atoms with Crippen molar-refractivity contribution in [3.8, 4) is 5.75 Å². The average Bonchev–Trinajstić information content (AvgIpc) is 3.26. The molecule has 7 nitrogen and oxygen atoms in total. The Morgan fingerprint density at radius 2 is 2.11 bits per heavy atom. The molecule has 1 aliphatic carbocycles. The molecule has 1 fully saturated rings. The Morgan fingerprint density at radius 3 is 2.89 bits per heavy atom. The lowest BCUT2D eigenvalue weighted by molar-refractivity contribution is -0.137. The number of methoxy groups -OCH3 is 1. The molecule has 8 heteroatoms. The number of para-hydroxylation sites is 2. The second-order valence-electron chi connectivity index (χ2n) is 6.99. The van der Waals surface area contributed by atoms with Gasteiger partial charge in [0.15, 0.2) is 0 Å². The van der Waals surface area contributed by atoms with E-state index < -0.39 is 23.5 Å². The first kappa shape index (κ1) is 18.5. The van der Waals surface area contributed by atoms with Crippen molar-refractivity contribution in [2.45, 2.75) is 37.8 Å². The van der Waals surface area contributed by atoms with E-state index in [9.17, 15) is 14.4 Å². The van der Waals surface area contributed by atoms with Crippen LogP contribution in [0.25, 0.3) is 0 Å². The van der Waals surface area contributed by atoms with E-state index in [4.69, 9.17) is 4.74 Å². The van der Waals surface area contributed by atoms with E-state index in [0.717, 1.165) is 28.2 Å². The Morgan fingerprint density at radius 1 is 1.32 bits per heavy atom. The predicted molar refractivity (Wildman–Crippen MR) is 105 cm³/mol. The summed E-state index contributed by atoms with van der Waals surface area (Å²) in [6, 6.07) is 7.40. The zero-order valence-corrected chi connectivity index (χ0v) is 16.5. The number of carbonyl (C=O) groups excluding carboxylic acids is 3. The maximum Gasteiger partial charge on any atom is 0.326 e. The Bertz CT molecular complexity index is 956. The first-order valence-corrected chi connectivity index (χ1v) is 10.0. The largest absolute Gasteiger partial charge is 0.495 e. The molecule has 2 aromatic rings. The number of nitrogens with zero attached hydrogens (tertiary/aromatic N) is 1. The Balaban J connectivity index is 1.59. The monoisotopic (exact) mass is 399 g/mol. The van der Waals surface area contributed by atoms with Gasteiger partial charge in [0.05, 0.1) is 12.8 Å². The maximum absolute atomic E-state index is 13.3. The van der Waals surface area contributed by atoms with Gasteiger partial charge in [-0.05, 0) is 49.8 Å². The van der Waals surface area contributed by atoms with E-state index in [0.29, 0.717) is 17.9 Å². The third kappa shape index (κ3) is 2.75. The van der Waals surface area contributed by atoms with Crippen molar-refractivity contribution in [3.63, 3.8) is 0 Å². The number of urea groups is 1. The number of hydrogen-bond donors (Lipinski definition) is 2. The van der Waals surface area contributed by atoms with Gasteiger partial charge in [-0.15, -0.1) is 11.3 Å². The van der Waals surface area contributed by atoms with Gasteiger partial charge >= 0.3 is 6.03 Å². The minimum Gasteiger partial charge on any atom is -0.495 e. The number of imide groups is 1. The topological polar surface area (TPSA) is 87.7 Å². The van der Waals surface area contributed by atoms with Crippen molar-refractivity contribution in [3.05, 3.63) is 46.2 Å². The van der Waals surface area contributed by atoms with Crippen LogP contribution in [0.15, 0.2) is 35.7 Å². The zero-order chi connectivity index (χ0) is 19.9. The summed E-state index contributed by atoms with van der Waals surface area (Å²) in [6.45, 7) is 1.55. The number of ether oxygens (including phenoxy) is 1. The van der Waals surface area contributed by atoms with E-state index >= 15 is 0 Å². The Hall–Kier alpha value is -2.87. The van der Waals surface area contributed by atoms with Crippen molar-refractivity contribution in [1.82, 2.24) is 10.2 Å². The quantitative estimate of drug-likeness (QED) is 0.774. The molecule has 1 aromatic heterocycles. The number of thiophene rings is 1. The lowest BCUT2D eigenvalue weighted by atomic mass is 9.80. The average molecular weight is 399 g/mol. The van der Waals surface area contributed by atoms with E-state index in [1.54, 1.807) is 42.5 Å². The van der Waals surface area contributed by atoms with Crippen molar-refractivity contribution in [2.24, 2.45) is 0 Å². The predicted octanol–water partition coefficient (Wildman–Crippen LogP) is 2.87. The highest BCUT2D eigenvalue weighted by molar-refractivity contribution is 7.10. The molecular formula is C20H21N3O4S. The third-order valence-electron chi connectivity index (χ3n) is 5.42. The normalized spacial score (nSPS) is 22.0. The number of rotatable bonds is 4. The van der Waals surface area contributed by atoms with E-state index in [-0.39, 0.29) is 5.91 Å². The summed E-state index contributed by atoms with van der Waals surface area (Å²) in [6.07, 6.45) is 2.26. The van der Waals surface area contributed by atoms with Gasteiger partial charge in [-0.1, -0.05) is 12.1 Å². The van der Waals surface area contributed by atoms with Crippen LogP contribution >= 0.6 is 11.3 Å². The highest BCUT2D eigenvalue weighted by atomic mass is 32.1. The van der Waals surface area contributed by atoms with Crippen LogP contribution in [0.4, 0.5) is 10.5 Å². The number of carbonyl (C=O) groups is 3. The molecule has 4 amide bonds. The smallest absolute Gasteiger partial charge is 0.326 e. The number of hydrogen-bond acceptors (Lipinski definition) is 5. The molecule has 2 atom stereocenters. The minimum atomic E-state index is -1.05. The summed E-state index contributed by atoms with van der Waals surface area (Å²) in [7, 11) is 1.51. The van der Waals surface area contributed by atoms with Crippen LogP contribution < -0.4 is 15.4 Å². The maximum atomic E-state index is 13.3. The molecule has 0 unspecified atom stereocenters. The number of anilines is 1. The minimum absolute atomic E-state index is 0.362. The number of aryl methyl sites for hydroxylation is 1. The Labute approximate surface area is 166 Å². The van der Waals surface area contributed by atoms with Gasteiger partial charge in [-0.25, -0.2) is 9.69 Å². The highest BCUT2D eigenvalue weighted by Gasteiger charge is 2.56. The Kier molecular flexibility index (Phi) is 4.58. The second-order valence-corrected chi connectivity index (χ2v) is 7.99. The van der Waals surface area contributed by atoms with Crippen LogP contribution in [0.1, 0.15) is 30.2 Å². The number of nitrogens with one attached hydrogen (secondary N) is 2. The molecule has 2 heterocycles. The summed E-state index contributed by atoms with van der Waals surface area (Å²) < 4.78 is 5.24. The lowest BCUT2D eigenvalue weighted by Gasteiger charge is -2.31. The summed E-state index contributed by atoms with van der Waals surface area (Å²) in [5.41, 5.74) is 0.298. The van der Waals surface area contributed by atoms with Crippen LogP contribution in [0.2, 0.25) is 0 Å². The fraction of sp³-hybridized carbons (Fsp3) is 0.350.